The average Bonchev–Trinajstić information content (AvgIpc) is 3.47. The third-order valence-electron chi connectivity index (χ3n) is 4.75. The Labute approximate surface area is 158 Å². The number of fused-ring (bicyclic) bond motifs is 1. The van der Waals surface area contributed by atoms with E-state index in [0.29, 0.717) is 5.56 Å². The van der Waals surface area contributed by atoms with Crippen LogP contribution in [0.5, 0.6) is 0 Å². The van der Waals surface area contributed by atoms with E-state index in [1.807, 2.05) is 40.6 Å². The zero-order valence-corrected chi connectivity index (χ0v) is 15.5. The predicted molar refractivity (Wildman–Crippen MR) is 105 cm³/mol. The predicted octanol–water partition coefficient (Wildman–Crippen LogP) is 4.73. The van der Waals surface area contributed by atoms with Gasteiger partial charge >= 0.3 is 0 Å². The SMILES string of the molecule is O=C(c1cn[nH]c1-c1cccs1)N1CCCC1c1nc2ccccc2s1. The Morgan fingerprint density at radius 1 is 1.23 bits per heavy atom. The lowest BCUT2D eigenvalue weighted by molar-refractivity contribution is 0.0736. The highest BCUT2D eigenvalue weighted by Crippen LogP contribution is 2.38. The summed E-state index contributed by atoms with van der Waals surface area (Å²) in [4.78, 5) is 21.0. The van der Waals surface area contributed by atoms with Crippen molar-refractivity contribution >= 4 is 38.8 Å². The number of carbonyl (C=O) groups is 1. The maximum Gasteiger partial charge on any atom is 0.258 e. The number of thiophene rings is 1. The van der Waals surface area contributed by atoms with Crippen molar-refractivity contribution in [2.24, 2.45) is 0 Å². The lowest BCUT2D eigenvalue weighted by atomic mass is 10.1. The van der Waals surface area contributed by atoms with E-state index in [2.05, 4.69) is 16.3 Å². The smallest absolute Gasteiger partial charge is 0.258 e. The molecule has 0 aliphatic carbocycles. The number of benzene rings is 1. The molecule has 4 aromatic rings. The molecule has 1 unspecified atom stereocenters. The molecule has 130 valence electrons. The Bertz CT molecular complexity index is 1030. The minimum atomic E-state index is 0.0314. The quantitative estimate of drug-likeness (QED) is 0.559. The van der Waals surface area contributed by atoms with Crippen LogP contribution >= 0.6 is 22.7 Å². The molecule has 0 saturated carbocycles. The van der Waals surface area contributed by atoms with E-state index in [-0.39, 0.29) is 11.9 Å². The molecule has 5 nitrogen and oxygen atoms in total. The summed E-state index contributed by atoms with van der Waals surface area (Å²) in [6.45, 7) is 0.758. The van der Waals surface area contributed by atoms with Crippen molar-refractivity contribution in [3.05, 3.63) is 58.5 Å². The molecule has 1 fully saturated rings. The van der Waals surface area contributed by atoms with E-state index in [4.69, 9.17) is 4.98 Å². The first-order valence-electron chi connectivity index (χ1n) is 8.55. The van der Waals surface area contributed by atoms with Crippen LogP contribution in [0.15, 0.2) is 48.0 Å². The van der Waals surface area contributed by atoms with Crippen LogP contribution in [0.4, 0.5) is 0 Å². The molecular weight excluding hydrogens is 364 g/mol. The summed E-state index contributed by atoms with van der Waals surface area (Å²) in [7, 11) is 0. The van der Waals surface area contributed by atoms with Gasteiger partial charge in [-0.15, -0.1) is 22.7 Å². The molecule has 1 aliphatic heterocycles. The van der Waals surface area contributed by atoms with E-state index in [0.717, 1.165) is 40.5 Å². The maximum absolute atomic E-state index is 13.3. The van der Waals surface area contributed by atoms with Gasteiger partial charge in [0.25, 0.3) is 5.91 Å². The molecular formula is C19H16N4OS2. The van der Waals surface area contributed by atoms with Crippen LogP contribution in [0.3, 0.4) is 0 Å². The van der Waals surface area contributed by atoms with Crippen molar-refractivity contribution in [3.63, 3.8) is 0 Å². The van der Waals surface area contributed by atoms with Gasteiger partial charge in [-0.2, -0.15) is 5.10 Å². The van der Waals surface area contributed by atoms with Crippen LogP contribution in [0.2, 0.25) is 0 Å². The van der Waals surface area contributed by atoms with Crippen molar-refractivity contribution < 1.29 is 4.79 Å². The number of amides is 1. The fraction of sp³-hybridized carbons (Fsp3) is 0.211. The van der Waals surface area contributed by atoms with E-state index < -0.39 is 0 Å². The van der Waals surface area contributed by atoms with Gasteiger partial charge in [-0.1, -0.05) is 18.2 Å². The number of H-pyrrole nitrogens is 1. The van der Waals surface area contributed by atoms with E-state index >= 15 is 0 Å². The Balaban J connectivity index is 1.49. The van der Waals surface area contributed by atoms with Crippen molar-refractivity contribution in [1.82, 2.24) is 20.1 Å². The molecule has 1 atom stereocenters. The fourth-order valence-electron chi connectivity index (χ4n) is 3.51. The lowest BCUT2D eigenvalue weighted by Gasteiger charge is -2.23. The molecule has 1 aliphatic rings. The normalized spacial score (nSPS) is 17.2. The molecule has 5 rings (SSSR count). The van der Waals surface area contributed by atoms with Crippen LogP contribution in [-0.2, 0) is 0 Å². The number of aromatic amines is 1. The van der Waals surface area contributed by atoms with E-state index in [9.17, 15) is 4.79 Å². The number of hydrogen-bond acceptors (Lipinski definition) is 5. The van der Waals surface area contributed by atoms with Gasteiger partial charge in [-0.3, -0.25) is 9.89 Å². The number of para-hydroxylation sites is 1. The standard InChI is InChI=1S/C19H16N4OS2/c24-19(12-11-20-22-17(12)16-8-4-10-25-16)23-9-3-6-14(23)18-21-13-5-1-2-7-15(13)26-18/h1-2,4-5,7-8,10-11,14H,3,6,9H2,(H,20,22). The second-order valence-corrected chi connectivity index (χ2v) is 8.32. The summed E-state index contributed by atoms with van der Waals surface area (Å²) in [5.74, 6) is 0.0314. The van der Waals surface area contributed by atoms with Gasteiger partial charge in [-0.25, -0.2) is 4.98 Å². The summed E-state index contributed by atoms with van der Waals surface area (Å²) in [5.41, 5.74) is 2.45. The first kappa shape index (κ1) is 15.7. The second kappa shape index (κ2) is 6.34. The molecule has 1 amide bonds. The number of hydrogen-bond donors (Lipinski definition) is 1. The summed E-state index contributed by atoms with van der Waals surface area (Å²) in [5, 5.41) is 10.1. The molecule has 3 aromatic heterocycles. The van der Waals surface area contributed by atoms with Gasteiger partial charge in [0.05, 0.1) is 38.6 Å². The highest BCUT2D eigenvalue weighted by Gasteiger charge is 2.34. The maximum atomic E-state index is 13.3. The lowest BCUT2D eigenvalue weighted by Crippen LogP contribution is -2.30. The molecule has 0 spiro atoms. The molecule has 1 saturated heterocycles. The minimum Gasteiger partial charge on any atom is -0.329 e. The van der Waals surface area contributed by atoms with Gasteiger partial charge in [0.2, 0.25) is 0 Å². The largest absolute Gasteiger partial charge is 0.329 e. The van der Waals surface area contributed by atoms with E-state index in [1.54, 1.807) is 28.9 Å². The molecule has 26 heavy (non-hydrogen) atoms. The Kier molecular flexibility index (Phi) is 3.83. The van der Waals surface area contributed by atoms with Gasteiger partial charge < -0.3 is 4.90 Å². The molecule has 0 radical (unpaired) electrons. The van der Waals surface area contributed by atoms with Crippen LogP contribution < -0.4 is 0 Å². The van der Waals surface area contributed by atoms with Crippen molar-refractivity contribution in [3.8, 4) is 10.6 Å². The number of nitrogens with zero attached hydrogens (tertiary/aromatic N) is 3. The number of likely N-dealkylation sites (tertiary alicyclic amines) is 1. The van der Waals surface area contributed by atoms with Crippen LogP contribution in [0, 0.1) is 0 Å². The summed E-state index contributed by atoms with van der Waals surface area (Å²) >= 11 is 3.29. The van der Waals surface area contributed by atoms with Crippen molar-refractivity contribution in [2.75, 3.05) is 6.54 Å². The summed E-state index contributed by atoms with van der Waals surface area (Å²) in [6.07, 6.45) is 3.60. The average molecular weight is 380 g/mol. The van der Waals surface area contributed by atoms with Gasteiger partial charge in [0.1, 0.15) is 5.01 Å². The third-order valence-corrected chi connectivity index (χ3v) is 6.77. The number of carbonyl (C=O) groups excluding carboxylic acids is 1. The van der Waals surface area contributed by atoms with Gasteiger partial charge in [0, 0.05) is 6.54 Å². The zero-order valence-electron chi connectivity index (χ0n) is 13.9. The zero-order chi connectivity index (χ0) is 17.5. The van der Waals surface area contributed by atoms with Crippen molar-refractivity contribution in [2.45, 2.75) is 18.9 Å². The fourth-order valence-corrected chi connectivity index (χ4v) is 5.36. The highest BCUT2D eigenvalue weighted by molar-refractivity contribution is 7.18. The number of thiazole rings is 1. The molecule has 1 N–H and O–H groups in total. The topological polar surface area (TPSA) is 61.9 Å². The van der Waals surface area contributed by atoms with Gasteiger partial charge in [-0.05, 0) is 36.4 Å². The molecule has 4 heterocycles. The molecule has 0 bridgehead atoms. The summed E-state index contributed by atoms with van der Waals surface area (Å²) < 4.78 is 1.17. The Hall–Kier alpha value is -2.51. The second-order valence-electron chi connectivity index (χ2n) is 6.31. The number of rotatable bonds is 3. The van der Waals surface area contributed by atoms with Crippen LogP contribution in [-0.4, -0.2) is 32.5 Å². The Morgan fingerprint density at radius 3 is 3.00 bits per heavy atom. The monoisotopic (exact) mass is 380 g/mol. The highest BCUT2D eigenvalue weighted by atomic mass is 32.1. The van der Waals surface area contributed by atoms with Crippen LogP contribution in [0.1, 0.15) is 34.2 Å². The summed E-state index contributed by atoms with van der Waals surface area (Å²) in [6, 6.07) is 12.2. The molecule has 7 heteroatoms. The Morgan fingerprint density at radius 2 is 2.15 bits per heavy atom. The van der Waals surface area contributed by atoms with Crippen molar-refractivity contribution in [1.29, 1.82) is 0 Å². The van der Waals surface area contributed by atoms with E-state index in [1.165, 1.54) is 4.70 Å². The third kappa shape index (κ3) is 2.55. The van der Waals surface area contributed by atoms with Crippen LogP contribution in [0.25, 0.3) is 20.8 Å². The minimum absolute atomic E-state index is 0.0314. The van der Waals surface area contributed by atoms with Gasteiger partial charge in [0.15, 0.2) is 0 Å². The first-order chi connectivity index (χ1) is 12.8. The number of aromatic nitrogens is 3. The molecule has 1 aromatic carbocycles. The number of nitrogens with one attached hydrogen (secondary N) is 1. The first-order valence-corrected chi connectivity index (χ1v) is 10.2.